The minimum Gasteiger partial charge on any atom is -0.361 e. The summed E-state index contributed by atoms with van der Waals surface area (Å²) >= 11 is 12.3. The van der Waals surface area contributed by atoms with Crippen LogP contribution in [0.3, 0.4) is 0 Å². The molecule has 0 saturated heterocycles. The van der Waals surface area contributed by atoms with Crippen molar-refractivity contribution < 1.29 is 13.2 Å². The van der Waals surface area contributed by atoms with E-state index >= 15 is 0 Å². The summed E-state index contributed by atoms with van der Waals surface area (Å²) in [4.78, 5) is 3.26. The zero-order chi connectivity index (χ0) is 21.8. The van der Waals surface area contributed by atoms with E-state index in [1.807, 2.05) is 42.6 Å². The number of hydrogen-bond donors (Lipinski definition) is 1. The molecule has 1 aliphatic rings. The van der Waals surface area contributed by atoms with Gasteiger partial charge in [-0.25, -0.2) is 0 Å². The average molecular weight is 458 g/mol. The predicted molar refractivity (Wildman–Crippen MR) is 120 cm³/mol. The summed E-state index contributed by atoms with van der Waals surface area (Å²) in [5.74, 6) is -0.236. The zero-order valence-corrected chi connectivity index (χ0v) is 17.6. The number of H-pyrrole nitrogens is 1. The SMILES string of the molecule is FC(F)(F)c1ccc(C(C2=CCc3cc(Cl)ccc32)c2c[nH]c3cc(Cl)ccc23)cc1. The Bertz CT molecular complexity index is 1320. The summed E-state index contributed by atoms with van der Waals surface area (Å²) in [5, 5.41) is 2.27. The van der Waals surface area contributed by atoms with E-state index in [1.54, 1.807) is 12.1 Å². The molecule has 4 aromatic rings. The van der Waals surface area contributed by atoms with Gasteiger partial charge in [-0.1, -0.05) is 53.5 Å². The van der Waals surface area contributed by atoms with E-state index in [9.17, 15) is 13.2 Å². The lowest BCUT2D eigenvalue weighted by Crippen LogP contribution is -2.07. The molecule has 1 atom stereocenters. The number of aromatic nitrogens is 1. The van der Waals surface area contributed by atoms with E-state index in [4.69, 9.17) is 23.2 Å². The molecule has 1 nitrogen and oxygen atoms in total. The molecule has 0 bridgehead atoms. The lowest BCUT2D eigenvalue weighted by atomic mass is 9.82. The standard InChI is InChI=1S/C25H16Cl2F3N/c26-17-6-9-19-15(11-17)3-8-21(19)24(14-1-4-16(5-2-14)25(28,29)30)22-13-31-23-12-18(27)7-10-20(22)23/h1-2,4-13,24,31H,3H2. The lowest BCUT2D eigenvalue weighted by Gasteiger charge is -2.21. The highest BCUT2D eigenvalue weighted by Crippen LogP contribution is 2.45. The minimum atomic E-state index is -4.37. The van der Waals surface area contributed by atoms with Gasteiger partial charge in [-0.15, -0.1) is 0 Å². The first-order chi connectivity index (χ1) is 14.8. The van der Waals surface area contributed by atoms with Crippen LogP contribution in [-0.2, 0) is 12.6 Å². The number of rotatable bonds is 3. The van der Waals surface area contributed by atoms with Crippen LogP contribution in [0.5, 0.6) is 0 Å². The Hall–Kier alpha value is -2.69. The molecule has 0 amide bonds. The largest absolute Gasteiger partial charge is 0.416 e. The number of hydrogen-bond acceptors (Lipinski definition) is 0. The summed E-state index contributed by atoms with van der Waals surface area (Å²) in [6.45, 7) is 0. The van der Waals surface area contributed by atoms with Crippen molar-refractivity contribution >= 4 is 39.7 Å². The molecule has 31 heavy (non-hydrogen) atoms. The number of halogens is 5. The van der Waals surface area contributed by atoms with Gasteiger partial charge in [0.2, 0.25) is 0 Å². The van der Waals surface area contributed by atoms with Crippen LogP contribution in [0.25, 0.3) is 16.5 Å². The summed E-state index contributed by atoms with van der Waals surface area (Å²) in [6.07, 6.45) is 0.411. The van der Waals surface area contributed by atoms with Crippen LogP contribution >= 0.6 is 23.2 Å². The lowest BCUT2D eigenvalue weighted by molar-refractivity contribution is -0.137. The summed E-state index contributed by atoms with van der Waals surface area (Å²) < 4.78 is 39.4. The molecule has 1 N–H and O–H groups in total. The molecule has 0 radical (unpaired) electrons. The molecule has 6 heteroatoms. The molecule has 0 fully saturated rings. The first-order valence-corrected chi connectivity index (χ1v) is 10.5. The maximum Gasteiger partial charge on any atom is 0.416 e. The van der Waals surface area contributed by atoms with Crippen LogP contribution in [0, 0.1) is 0 Å². The van der Waals surface area contributed by atoms with Crippen molar-refractivity contribution in [3.63, 3.8) is 0 Å². The Morgan fingerprint density at radius 2 is 1.58 bits per heavy atom. The highest BCUT2D eigenvalue weighted by atomic mass is 35.5. The van der Waals surface area contributed by atoms with Crippen LogP contribution in [-0.4, -0.2) is 4.98 Å². The normalized spacial score (nSPS) is 14.5. The monoisotopic (exact) mass is 457 g/mol. The second kappa shape index (κ2) is 7.47. The molecule has 0 saturated carbocycles. The molecule has 1 aromatic heterocycles. The van der Waals surface area contributed by atoms with Crippen molar-refractivity contribution in [1.29, 1.82) is 0 Å². The van der Waals surface area contributed by atoms with E-state index < -0.39 is 11.7 Å². The van der Waals surface area contributed by atoms with Gasteiger partial charge in [-0.2, -0.15) is 13.2 Å². The van der Waals surface area contributed by atoms with Crippen molar-refractivity contribution in [3.05, 3.63) is 111 Å². The van der Waals surface area contributed by atoms with E-state index in [2.05, 4.69) is 11.1 Å². The molecule has 3 aromatic carbocycles. The van der Waals surface area contributed by atoms with Crippen molar-refractivity contribution in [2.24, 2.45) is 0 Å². The zero-order valence-electron chi connectivity index (χ0n) is 16.1. The van der Waals surface area contributed by atoms with Gasteiger partial charge in [-0.3, -0.25) is 0 Å². The van der Waals surface area contributed by atoms with Crippen molar-refractivity contribution in [3.8, 4) is 0 Å². The molecule has 1 heterocycles. The molecule has 0 spiro atoms. The van der Waals surface area contributed by atoms with Crippen molar-refractivity contribution in [2.45, 2.75) is 18.5 Å². The van der Waals surface area contributed by atoms with Gasteiger partial charge >= 0.3 is 6.18 Å². The molecule has 5 rings (SSSR count). The number of alkyl halides is 3. The van der Waals surface area contributed by atoms with Gasteiger partial charge in [0.05, 0.1) is 5.56 Å². The summed E-state index contributed by atoms with van der Waals surface area (Å²) in [5.41, 5.74) is 5.24. The number of aromatic amines is 1. The van der Waals surface area contributed by atoms with Gasteiger partial charge in [0.1, 0.15) is 0 Å². The Kier molecular flexibility index (Phi) is 4.87. The van der Waals surface area contributed by atoms with E-state index in [0.717, 1.165) is 57.3 Å². The van der Waals surface area contributed by atoms with Gasteiger partial charge in [0.15, 0.2) is 0 Å². The van der Waals surface area contributed by atoms with Crippen LogP contribution in [0.1, 0.15) is 33.7 Å². The molecular weight excluding hydrogens is 442 g/mol. The summed E-state index contributed by atoms with van der Waals surface area (Å²) in [7, 11) is 0. The van der Waals surface area contributed by atoms with Crippen molar-refractivity contribution in [2.75, 3.05) is 0 Å². The predicted octanol–water partition coefficient (Wildman–Crippen LogP) is 8.27. The smallest absolute Gasteiger partial charge is 0.361 e. The van der Waals surface area contributed by atoms with E-state index in [-0.39, 0.29) is 5.92 Å². The molecule has 0 aliphatic heterocycles. The molecular formula is C25H16Cl2F3N. The fraction of sp³-hybridized carbons (Fsp3) is 0.120. The average Bonchev–Trinajstić information content (AvgIpc) is 3.32. The first kappa shape index (κ1) is 20.2. The maximum atomic E-state index is 13.1. The van der Waals surface area contributed by atoms with Gasteiger partial charge in [0, 0.05) is 33.1 Å². The van der Waals surface area contributed by atoms with Crippen LogP contribution in [0.2, 0.25) is 10.0 Å². The quantitative estimate of drug-likeness (QED) is 0.318. The topological polar surface area (TPSA) is 15.8 Å². The van der Waals surface area contributed by atoms with Crippen LogP contribution in [0.15, 0.2) is 72.9 Å². The third kappa shape index (κ3) is 3.64. The number of allylic oxidation sites excluding steroid dienone is 2. The molecule has 1 unspecified atom stereocenters. The number of nitrogens with one attached hydrogen (secondary N) is 1. The minimum absolute atomic E-state index is 0.236. The Morgan fingerprint density at radius 3 is 2.32 bits per heavy atom. The fourth-order valence-corrected chi connectivity index (χ4v) is 4.73. The van der Waals surface area contributed by atoms with Crippen LogP contribution in [0.4, 0.5) is 13.2 Å². The third-order valence-electron chi connectivity index (χ3n) is 5.79. The van der Waals surface area contributed by atoms with Gasteiger partial charge in [-0.05, 0) is 70.6 Å². The van der Waals surface area contributed by atoms with Gasteiger partial charge < -0.3 is 4.98 Å². The van der Waals surface area contributed by atoms with E-state index in [0.29, 0.717) is 10.0 Å². The maximum absolute atomic E-state index is 13.1. The molecule has 156 valence electrons. The Labute approximate surface area is 187 Å². The highest BCUT2D eigenvalue weighted by molar-refractivity contribution is 6.31. The van der Waals surface area contributed by atoms with Crippen molar-refractivity contribution in [1.82, 2.24) is 4.98 Å². The van der Waals surface area contributed by atoms with E-state index in [1.165, 1.54) is 0 Å². The summed E-state index contributed by atoms with van der Waals surface area (Å²) in [6, 6.07) is 16.8. The number of benzene rings is 3. The van der Waals surface area contributed by atoms with Crippen LogP contribution < -0.4 is 0 Å². The van der Waals surface area contributed by atoms with Gasteiger partial charge in [0.25, 0.3) is 0 Å². The molecule has 1 aliphatic carbocycles. The Balaban J connectivity index is 1.69. The first-order valence-electron chi connectivity index (χ1n) is 9.74. The second-order valence-electron chi connectivity index (χ2n) is 7.65. The Morgan fingerprint density at radius 1 is 0.871 bits per heavy atom. The third-order valence-corrected chi connectivity index (χ3v) is 6.26. The second-order valence-corrected chi connectivity index (χ2v) is 8.52. The number of fused-ring (bicyclic) bond motifs is 2. The fourth-order valence-electron chi connectivity index (χ4n) is 4.37. The highest BCUT2D eigenvalue weighted by Gasteiger charge is 2.32.